The van der Waals surface area contributed by atoms with E-state index < -0.39 is 5.76 Å². The zero-order valence-electron chi connectivity index (χ0n) is 8.74. The molecule has 0 saturated heterocycles. The molecule has 3 aromatic rings. The molecule has 3 rings (SSSR count). The van der Waals surface area contributed by atoms with Crippen LogP contribution >= 0.6 is 11.3 Å². The van der Waals surface area contributed by atoms with E-state index in [1.54, 1.807) is 11.3 Å². The fourth-order valence-corrected chi connectivity index (χ4v) is 2.26. The quantitative estimate of drug-likeness (QED) is 0.696. The molecule has 5 heteroatoms. The first-order chi connectivity index (χ1) is 8.36. The maximum Gasteiger partial charge on any atom is 0.446 e. The summed E-state index contributed by atoms with van der Waals surface area (Å²) in [6.45, 7) is 0. The van der Waals surface area contributed by atoms with Gasteiger partial charge in [0, 0.05) is 10.9 Å². The highest BCUT2D eigenvalue weighted by Crippen LogP contribution is 2.21. The standard InChI is InChI=1S/C12H8N2O2S/c15-12-14(10-4-2-1-3-5-10)11(13-16-12)9-6-7-17-8-9/h1-8H. The number of hydrogen-bond acceptors (Lipinski definition) is 4. The van der Waals surface area contributed by atoms with Crippen molar-refractivity contribution >= 4 is 11.3 Å². The Bertz CT molecular complexity index is 668. The van der Waals surface area contributed by atoms with Crippen LogP contribution in [0.3, 0.4) is 0 Å². The summed E-state index contributed by atoms with van der Waals surface area (Å²) >= 11 is 1.55. The Morgan fingerprint density at radius 2 is 2.00 bits per heavy atom. The second kappa shape index (κ2) is 4.03. The third kappa shape index (κ3) is 1.70. The van der Waals surface area contributed by atoms with E-state index in [2.05, 4.69) is 5.16 Å². The summed E-state index contributed by atoms with van der Waals surface area (Å²) < 4.78 is 6.20. The second-order valence-corrected chi connectivity index (χ2v) is 4.24. The van der Waals surface area contributed by atoms with Gasteiger partial charge in [0.1, 0.15) is 0 Å². The SMILES string of the molecule is O=c1onc(-c2ccsc2)n1-c1ccccc1. The normalized spacial score (nSPS) is 10.6. The first-order valence-corrected chi connectivity index (χ1v) is 5.97. The number of nitrogens with zero attached hydrogens (tertiary/aromatic N) is 2. The summed E-state index contributed by atoms with van der Waals surface area (Å²) in [5.41, 5.74) is 1.63. The van der Waals surface area contributed by atoms with Crippen LogP contribution in [0.25, 0.3) is 17.1 Å². The van der Waals surface area contributed by atoms with Crippen molar-refractivity contribution in [1.29, 1.82) is 0 Å². The van der Waals surface area contributed by atoms with E-state index in [1.807, 2.05) is 47.2 Å². The highest BCUT2D eigenvalue weighted by atomic mass is 32.1. The molecule has 84 valence electrons. The largest absolute Gasteiger partial charge is 0.446 e. The van der Waals surface area contributed by atoms with Crippen molar-refractivity contribution in [3.8, 4) is 17.1 Å². The lowest BCUT2D eigenvalue weighted by Crippen LogP contribution is -2.12. The fraction of sp³-hybridized carbons (Fsp3) is 0. The maximum absolute atomic E-state index is 11.7. The number of thiophene rings is 1. The van der Waals surface area contributed by atoms with Crippen LogP contribution in [0.2, 0.25) is 0 Å². The number of rotatable bonds is 2. The van der Waals surface area contributed by atoms with E-state index in [9.17, 15) is 4.79 Å². The van der Waals surface area contributed by atoms with Gasteiger partial charge in [0.25, 0.3) is 0 Å². The molecule has 2 aromatic heterocycles. The highest BCUT2D eigenvalue weighted by Gasteiger charge is 2.14. The van der Waals surface area contributed by atoms with E-state index in [1.165, 1.54) is 4.57 Å². The predicted molar refractivity (Wildman–Crippen MR) is 65.4 cm³/mol. The molecule has 0 N–H and O–H groups in total. The van der Waals surface area contributed by atoms with Crippen LogP contribution in [-0.4, -0.2) is 9.72 Å². The topological polar surface area (TPSA) is 48.0 Å². The van der Waals surface area contributed by atoms with Crippen molar-refractivity contribution in [2.75, 3.05) is 0 Å². The van der Waals surface area contributed by atoms with Crippen LogP contribution in [0.5, 0.6) is 0 Å². The average Bonchev–Trinajstić information content (AvgIpc) is 2.98. The molecular weight excluding hydrogens is 236 g/mol. The number of benzene rings is 1. The summed E-state index contributed by atoms with van der Waals surface area (Å²) in [6, 6.07) is 11.2. The minimum atomic E-state index is -0.475. The van der Waals surface area contributed by atoms with Crippen LogP contribution in [0.1, 0.15) is 0 Å². The van der Waals surface area contributed by atoms with Gasteiger partial charge in [0.05, 0.1) is 5.69 Å². The van der Waals surface area contributed by atoms with E-state index >= 15 is 0 Å². The Labute approximate surface area is 101 Å². The van der Waals surface area contributed by atoms with E-state index in [0.29, 0.717) is 5.82 Å². The van der Waals surface area contributed by atoms with Gasteiger partial charge in [-0.05, 0) is 23.6 Å². The molecule has 0 saturated carbocycles. The Balaban J connectivity index is 2.24. The van der Waals surface area contributed by atoms with Crippen LogP contribution in [0.15, 0.2) is 56.5 Å². The molecule has 0 atom stereocenters. The Hall–Kier alpha value is -2.14. The third-order valence-corrected chi connectivity index (χ3v) is 3.08. The lowest BCUT2D eigenvalue weighted by molar-refractivity contribution is 0.383. The van der Waals surface area contributed by atoms with Gasteiger partial charge in [-0.3, -0.25) is 4.52 Å². The van der Waals surface area contributed by atoms with Crippen molar-refractivity contribution in [3.05, 3.63) is 57.7 Å². The van der Waals surface area contributed by atoms with Gasteiger partial charge in [-0.25, -0.2) is 9.36 Å². The van der Waals surface area contributed by atoms with Gasteiger partial charge in [0.2, 0.25) is 0 Å². The molecule has 0 aliphatic heterocycles. The molecular formula is C12H8N2O2S. The maximum atomic E-state index is 11.7. The lowest BCUT2D eigenvalue weighted by atomic mass is 10.3. The molecule has 0 bridgehead atoms. The zero-order chi connectivity index (χ0) is 11.7. The van der Waals surface area contributed by atoms with Gasteiger partial charge in [-0.15, -0.1) is 0 Å². The number of aromatic nitrogens is 2. The molecule has 0 aliphatic carbocycles. The van der Waals surface area contributed by atoms with Gasteiger partial charge in [-0.2, -0.15) is 11.3 Å². The van der Waals surface area contributed by atoms with Crippen molar-refractivity contribution in [1.82, 2.24) is 9.72 Å². The molecule has 4 nitrogen and oxygen atoms in total. The molecule has 2 heterocycles. The Morgan fingerprint density at radius 1 is 1.18 bits per heavy atom. The molecule has 0 radical (unpaired) electrons. The van der Waals surface area contributed by atoms with Crippen molar-refractivity contribution in [2.24, 2.45) is 0 Å². The van der Waals surface area contributed by atoms with Gasteiger partial charge in [0.15, 0.2) is 5.82 Å². The van der Waals surface area contributed by atoms with Gasteiger partial charge >= 0.3 is 5.76 Å². The molecule has 0 fully saturated rings. The molecule has 0 spiro atoms. The van der Waals surface area contributed by atoms with E-state index in [0.717, 1.165) is 11.3 Å². The molecule has 0 aliphatic rings. The van der Waals surface area contributed by atoms with Crippen LogP contribution in [0, 0.1) is 0 Å². The summed E-state index contributed by atoms with van der Waals surface area (Å²) in [5, 5.41) is 7.68. The lowest BCUT2D eigenvalue weighted by Gasteiger charge is -2.01. The van der Waals surface area contributed by atoms with Crippen LogP contribution < -0.4 is 5.76 Å². The fourth-order valence-electron chi connectivity index (χ4n) is 1.63. The third-order valence-electron chi connectivity index (χ3n) is 2.40. The van der Waals surface area contributed by atoms with E-state index in [4.69, 9.17) is 4.52 Å². The summed E-state index contributed by atoms with van der Waals surface area (Å²) in [6.07, 6.45) is 0. The smallest absolute Gasteiger partial charge is 0.295 e. The van der Waals surface area contributed by atoms with Crippen molar-refractivity contribution in [3.63, 3.8) is 0 Å². The minimum absolute atomic E-state index is 0.475. The summed E-state index contributed by atoms with van der Waals surface area (Å²) in [5.74, 6) is 0.0554. The first-order valence-electron chi connectivity index (χ1n) is 5.03. The highest BCUT2D eigenvalue weighted by molar-refractivity contribution is 7.08. The van der Waals surface area contributed by atoms with E-state index in [-0.39, 0.29) is 0 Å². The van der Waals surface area contributed by atoms with Gasteiger partial charge < -0.3 is 0 Å². The summed E-state index contributed by atoms with van der Waals surface area (Å²) in [4.78, 5) is 11.7. The second-order valence-electron chi connectivity index (χ2n) is 3.46. The minimum Gasteiger partial charge on any atom is -0.295 e. The van der Waals surface area contributed by atoms with Crippen molar-refractivity contribution < 1.29 is 4.52 Å². The van der Waals surface area contributed by atoms with Crippen molar-refractivity contribution in [2.45, 2.75) is 0 Å². The Morgan fingerprint density at radius 3 is 2.71 bits per heavy atom. The van der Waals surface area contributed by atoms with Gasteiger partial charge in [-0.1, -0.05) is 23.4 Å². The number of hydrogen-bond donors (Lipinski definition) is 0. The zero-order valence-corrected chi connectivity index (χ0v) is 9.55. The van der Waals surface area contributed by atoms with Crippen LogP contribution in [0.4, 0.5) is 0 Å². The monoisotopic (exact) mass is 244 g/mol. The van der Waals surface area contributed by atoms with Crippen LogP contribution in [-0.2, 0) is 0 Å². The first kappa shape index (κ1) is 10.0. The molecule has 17 heavy (non-hydrogen) atoms. The molecule has 0 unspecified atom stereocenters. The summed E-state index contributed by atoms with van der Waals surface area (Å²) in [7, 11) is 0. The number of para-hydroxylation sites is 1. The molecule has 0 amide bonds. The molecule has 1 aromatic carbocycles. The predicted octanol–water partition coefficient (Wildman–Crippen LogP) is 2.55. The Kier molecular flexibility index (Phi) is 2.38. The average molecular weight is 244 g/mol.